The van der Waals surface area contributed by atoms with Gasteiger partial charge in [-0.25, -0.2) is 8.78 Å². The quantitative estimate of drug-likeness (QED) is 0.479. The highest BCUT2D eigenvalue weighted by Crippen LogP contribution is 2.58. The number of alkyl halides is 1. The summed E-state index contributed by atoms with van der Waals surface area (Å²) in [5, 5.41) is 14.4. The molecule has 4 saturated carbocycles. The van der Waals surface area contributed by atoms with Gasteiger partial charge >= 0.3 is 0 Å². The molecular weight excluding hydrogens is 520 g/mol. The monoisotopic (exact) mass is 551 g/mol. The summed E-state index contributed by atoms with van der Waals surface area (Å²) >= 11 is 3.26. The molecule has 0 radical (unpaired) electrons. The van der Waals surface area contributed by atoms with Crippen LogP contribution in [-0.2, 0) is 15.9 Å². The second-order valence-corrected chi connectivity index (χ2v) is 12.7. The fourth-order valence-corrected chi connectivity index (χ4v) is 6.56. The fraction of sp³-hybridized carbons (Fsp3) is 0.654. The van der Waals surface area contributed by atoms with Crippen molar-refractivity contribution < 1.29 is 23.2 Å². The number of benzene rings is 1. The van der Waals surface area contributed by atoms with Crippen molar-refractivity contribution in [2.75, 3.05) is 11.4 Å². The van der Waals surface area contributed by atoms with Gasteiger partial charge < -0.3 is 14.5 Å². The Morgan fingerprint density at radius 3 is 2.37 bits per heavy atom. The predicted molar refractivity (Wildman–Crippen MR) is 130 cm³/mol. The van der Waals surface area contributed by atoms with Gasteiger partial charge in [0.1, 0.15) is 5.82 Å². The summed E-state index contributed by atoms with van der Waals surface area (Å²) in [5.41, 5.74) is -2.09. The summed E-state index contributed by atoms with van der Waals surface area (Å²) in [6.45, 7) is 5.13. The fourth-order valence-electron chi connectivity index (χ4n) is 6.20. The smallest absolute Gasteiger partial charge is 0.263 e. The van der Waals surface area contributed by atoms with Crippen molar-refractivity contribution in [2.24, 2.45) is 11.3 Å². The molecule has 190 valence electrons. The second kappa shape index (κ2) is 8.33. The Bertz CT molecular complexity index is 1110. The molecule has 4 fully saturated rings. The molecule has 0 aliphatic heterocycles. The number of aliphatic hydroxyl groups is 1. The lowest BCUT2D eigenvalue weighted by Crippen LogP contribution is -2.54. The lowest BCUT2D eigenvalue weighted by atomic mass is 9.53. The van der Waals surface area contributed by atoms with Gasteiger partial charge in [-0.15, -0.1) is 0 Å². The maximum Gasteiger partial charge on any atom is 0.263 e. The Kier molecular flexibility index (Phi) is 5.91. The average Bonchev–Trinajstić information content (AvgIpc) is 3.31. The standard InChI is InChI=1S/C26H32BrF2N3O3/c1-23(2,29)22-30-21(31-35-22)26-9-6-25(7-10-26,8-11-26)15-32(17-4-5-19(28)18(27)12-17)20(33)16-13-24(3,34)14-16/h4-5,12,16,34H,6-11,13-15H2,1-3H3. The number of rotatable bonds is 6. The second-order valence-electron chi connectivity index (χ2n) is 11.8. The van der Waals surface area contributed by atoms with E-state index in [2.05, 4.69) is 26.1 Å². The van der Waals surface area contributed by atoms with Gasteiger partial charge in [0, 0.05) is 23.6 Å². The van der Waals surface area contributed by atoms with E-state index in [0.717, 1.165) is 38.5 Å². The first kappa shape index (κ1) is 24.8. The normalized spacial score (nSPS) is 32.4. The highest BCUT2D eigenvalue weighted by molar-refractivity contribution is 9.10. The number of fused-ring (bicyclic) bond motifs is 3. The largest absolute Gasteiger partial charge is 0.390 e. The van der Waals surface area contributed by atoms with Gasteiger partial charge in [0.2, 0.25) is 5.91 Å². The first-order chi connectivity index (χ1) is 16.3. The highest BCUT2D eigenvalue weighted by atomic mass is 79.9. The van der Waals surface area contributed by atoms with Crippen molar-refractivity contribution in [1.82, 2.24) is 10.1 Å². The van der Waals surface area contributed by atoms with Crippen molar-refractivity contribution >= 4 is 27.5 Å². The van der Waals surface area contributed by atoms with Gasteiger partial charge in [0.05, 0.1) is 10.1 Å². The first-order valence-electron chi connectivity index (χ1n) is 12.3. The summed E-state index contributed by atoms with van der Waals surface area (Å²) in [6.07, 6.45) is 6.11. The number of aromatic nitrogens is 2. The number of amides is 1. The molecule has 1 heterocycles. The van der Waals surface area contributed by atoms with Crippen molar-refractivity contribution in [3.63, 3.8) is 0 Å². The average molecular weight is 552 g/mol. The van der Waals surface area contributed by atoms with Crippen LogP contribution in [0.15, 0.2) is 27.2 Å². The van der Waals surface area contributed by atoms with Gasteiger partial charge in [-0.3, -0.25) is 4.79 Å². The molecular formula is C26H32BrF2N3O3. The Labute approximate surface area is 212 Å². The van der Waals surface area contributed by atoms with E-state index in [1.165, 1.54) is 19.9 Å². The topological polar surface area (TPSA) is 79.5 Å². The van der Waals surface area contributed by atoms with E-state index in [1.54, 1.807) is 24.0 Å². The molecule has 0 saturated heterocycles. The molecule has 1 N–H and O–H groups in total. The van der Waals surface area contributed by atoms with Crippen LogP contribution in [0, 0.1) is 17.2 Å². The van der Waals surface area contributed by atoms with Crippen LogP contribution in [0.2, 0.25) is 0 Å². The van der Waals surface area contributed by atoms with Crippen LogP contribution < -0.4 is 4.90 Å². The molecule has 6 rings (SSSR count). The van der Waals surface area contributed by atoms with Crippen LogP contribution in [0.25, 0.3) is 0 Å². The molecule has 2 aromatic rings. The Morgan fingerprint density at radius 2 is 1.86 bits per heavy atom. The van der Waals surface area contributed by atoms with Gasteiger partial charge in [-0.05, 0) is 112 Å². The van der Waals surface area contributed by atoms with E-state index in [-0.39, 0.29) is 34.4 Å². The summed E-state index contributed by atoms with van der Waals surface area (Å²) in [4.78, 5) is 19.8. The van der Waals surface area contributed by atoms with E-state index >= 15 is 0 Å². The predicted octanol–water partition coefficient (Wildman–Crippen LogP) is 5.96. The molecule has 1 amide bonds. The number of carbonyl (C=O) groups is 1. The number of hydrogen-bond acceptors (Lipinski definition) is 5. The lowest BCUT2D eigenvalue weighted by molar-refractivity contribution is -0.137. The molecule has 2 bridgehead atoms. The van der Waals surface area contributed by atoms with Crippen LogP contribution in [0.5, 0.6) is 0 Å². The SMILES string of the molecule is CC1(O)CC(C(=O)N(CC23CCC(c4noc(C(C)(C)F)n4)(CC2)CC3)c2ccc(F)c(Br)c2)C1. The molecule has 4 aliphatic rings. The maximum atomic E-state index is 14.3. The van der Waals surface area contributed by atoms with Gasteiger partial charge in [-0.1, -0.05) is 5.16 Å². The molecule has 6 nitrogen and oxygen atoms in total. The van der Waals surface area contributed by atoms with Crippen molar-refractivity contribution in [3.05, 3.63) is 40.2 Å². The van der Waals surface area contributed by atoms with E-state index in [1.807, 2.05) is 0 Å². The minimum absolute atomic E-state index is 0.0133. The number of hydrogen-bond donors (Lipinski definition) is 1. The number of nitrogens with zero attached hydrogens (tertiary/aromatic N) is 3. The summed E-state index contributed by atoms with van der Waals surface area (Å²) in [5.74, 6) is -0.0157. The third kappa shape index (κ3) is 4.54. The Balaban J connectivity index is 1.36. The van der Waals surface area contributed by atoms with Crippen LogP contribution in [0.4, 0.5) is 14.5 Å². The number of carbonyl (C=O) groups excluding carboxylic acids is 1. The summed E-state index contributed by atoms with van der Waals surface area (Å²) < 4.78 is 33.8. The summed E-state index contributed by atoms with van der Waals surface area (Å²) in [7, 11) is 0. The van der Waals surface area contributed by atoms with Crippen molar-refractivity contribution in [1.29, 1.82) is 0 Å². The zero-order chi connectivity index (χ0) is 25.2. The zero-order valence-corrected chi connectivity index (χ0v) is 22.0. The Morgan fingerprint density at radius 1 is 1.23 bits per heavy atom. The molecule has 35 heavy (non-hydrogen) atoms. The van der Waals surface area contributed by atoms with Crippen LogP contribution >= 0.6 is 15.9 Å². The molecule has 4 aliphatic carbocycles. The number of anilines is 1. The van der Waals surface area contributed by atoms with Crippen molar-refractivity contribution in [3.8, 4) is 0 Å². The van der Waals surface area contributed by atoms with Gasteiger partial charge in [-0.2, -0.15) is 4.98 Å². The molecule has 1 aromatic heterocycles. The van der Waals surface area contributed by atoms with Crippen LogP contribution in [0.1, 0.15) is 83.9 Å². The molecule has 0 atom stereocenters. The summed E-state index contributed by atoms with van der Waals surface area (Å²) in [6, 6.07) is 4.69. The number of halogens is 3. The first-order valence-corrected chi connectivity index (χ1v) is 13.1. The van der Waals surface area contributed by atoms with Crippen LogP contribution in [0.3, 0.4) is 0 Å². The van der Waals surface area contributed by atoms with Gasteiger partial charge in [0.15, 0.2) is 11.5 Å². The molecule has 0 spiro atoms. The van der Waals surface area contributed by atoms with E-state index in [4.69, 9.17) is 4.52 Å². The van der Waals surface area contributed by atoms with E-state index in [9.17, 15) is 18.7 Å². The highest BCUT2D eigenvalue weighted by Gasteiger charge is 2.53. The van der Waals surface area contributed by atoms with Gasteiger partial charge in [0.25, 0.3) is 5.89 Å². The minimum atomic E-state index is -1.68. The van der Waals surface area contributed by atoms with Crippen molar-refractivity contribution in [2.45, 2.75) is 88.8 Å². The molecule has 9 heteroatoms. The van der Waals surface area contributed by atoms with Crippen LogP contribution in [-0.4, -0.2) is 33.3 Å². The zero-order valence-electron chi connectivity index (χ0n) is 20.4. The van der Waals surface area contributed by atoms with E-state index in [0.29, 0.717) is 35.4 Å². The molecule has 1 aromatic carbocycles. The third-order valence-electron chi connectivity index (χ3n) is 8.51. The lowest BCUT2D eigenvalue weighted by Gasteiger charge is -2.54. The maximum absolute atomic E-state index is 14.3. The minimum Gasteiger partial charge on any atom is -0.390 e. The molecule has 0 unspecified atom stereocenters. The third-order valence-corrected chi connectivity index (χ3v) is 9.11. The Hall–Kier alpha value is -1.87. The van der Waals surface area contributed by atoms with E-state index < -0.39 is 11.3 Å².